The molecule has 1 aromatic heterocycles. The van der Waals surface area contributed by atoms with Crippen molar-refractivity contribution in [3.05, 3.63) is 89.5 Å². The summed E-state index contributed by atoms with van der Waals surface area (Å²) in [6.45, 7) is 5.85. The fraction of sp³-hybridized carbons (Fsp3) is 0.308. The zero-order valence-electron chi connectivity index (χ0n) is 19.6. The molecule has 0 aliphatic heterocycles. The molecule has 178 valence electrons. The standard InChI is InChI=1S/C26H30N4O4/c1-17(2)14-21(26(33)34-15-19-10-6-4-7-11-19)30-25(32)23-22(27-16-28-23)24(31)29-18(3)20-12-8-5-9-13-20/h4-13,16-18,21H,14-15H2,1-3H3,(H,27,28)(H,29,31)(H,30,32)/t18-,21+/m1/s1. The minimum atomic E-state index is -0.862. The molecule has 3 N–H and O–H groups in total. The lowest BCUT2D eigenvalue weighted by Gasteiger charge is -2.19. The van der Waals surface area contributed by atoms with Crippen molar-refractivity contribution in [1.82, 2.24) is 20.6 Å². The van der Waals surface area contributed by atoms with Crippen molar-refractivity contribution in [2.24, 2.45) is 5.92 Å². The van der Waals surface area contributed by atoms with Crippen molar-refractivity contribution < 1.29 is 19.1 Å². The number of nitrogens with one attached hydrogen (secondary N) is 3. The average Bonchev–Trinajstić information content (AvgIpc) is 3.33. The van der Waals surface area contributed by atoms with Crippen LogP contribution in [0.15, 0.2) is 67.0 Å². The van der Waals surface area contributed by atoms with Gasteiger partial charge >= 0.3 is 5.97 Å². The summed E-state index contributed by atoms with van der Waals surface area (Å²) in [6, 6.07) is 17.7. The number of aromatic amines is 1. The van der Waals surface area contributed by atoms with Crippen LogP contribution in [0.25, 0.3) is 0 Å². The lowest BCUT2D eigenvalue weighted by molar-refractivity contribution is -0.147. The summed E-state index contributed by atoms with van der Waals surface area (Å²) in [5, 5.41) is 5.55. The third-order valence-electron chi connectivity index (χ3n) is 5.25. The monoisotopic (exact) mass is 462 g/mol. The molecular formula is C26H30N4O4. The van der Waals surface area contributed by atoms with Gasteiger partial charge in [0.05, 0.1) is 12.4 Å². The number of esters is 1. The van der Waals surface area contributed by atoms with E-state index in [1.807, 2.05) is 81.4 Å². The van der Waals surface area contributed by atoms with Crippen molar-refractivity contribution in [2.75, 3.05) is 0 Å². The molecule has 0 saturated carbocycles. The predicted molar refractivity (Wildman–Crippen MR) is 128 cm³/mol. The van der Waals surface area contributed by atoms with Crippen molar-refractivity contribution in [1.29, 1.82) is 0 Å². The lowest BCUT2D eigenvalue weighted by Crippen LogP contribution is -2.43. The molecule has 8 heteroatoms. The van der Waals surface area contributed by atoms with Crippen LogP contribution in [0.2, 0.25) is 0 Å². The summed E-state index contributed by atoms with van der Waals surface area (Å²) < 4.78 is 5.43. The third kappa shape index (κ3) is 6.78. The fourth-order valence-electron chi connectivity index (χ4n) is 3.47. The summed E-state index contributed by atoms with van der Waals surface area (Å²) in [6.07, 6.45) is 1.67. The summed E-state index contributed by atoms with van der Waals surface area (Å²) in [7, 11) is 0. The van der Waals surface area contributed by atoms with Gasteiger partial charge in [0.2, 0.25) is 0 Å². The first-order valence-corrected chi connectivity index (χ1v) is 11.3. The maximum atomic E-state index is 13.0. The Labute approximate surface area is 199 Å². The molecule has 0 spiro atoms. The molecule has 34 heavy (non-hydrogen) atoms. The van der Waals surface area contributed by atoms with Crippen LogP contribution in [0, 0.1) is 5.92 Å². The summed E-state index contributed by atoms with van der Waals surface area (Å²) in [5.41, 5.74) is 1.73. The zero-order chi connectivity index (χ0) is 24.5. The van der Waals surface area contributed by atoms with E-state index in [1.54, 1.807) is 0 Å². The predicted octanol–water partition coefficient (Wildman–Crippen LogP) is 3.79. The molecule has 3 aromatic rings. The number of H-pyrrole nitrogens is 1. The van der Waals surface area contributed by atoms with Crippen LogP contribution >= 0.6 is 0 Å². The van der Waals surface area contributed by atoms with Crippen LogP contribution in [0.1, 0.15) is 65.3 Å². The molecule has 0 saturated heterocycles. The number of rotatable bonds is 10. The number of carbonyl (C=O) groups is 3. The Kier molecular flexibility index (Phi) is 8.56. The van der Waals surface area contributed by atoms with Gasteiger partial charge in [-0.05, 0) is 30.4 Å². The number of nitrogens with zero attached hydrogens (tertiary/aromatic N) is 1. The highest BCUT2D eigenvalue weighted by Crippen LogP contribution is 2.14. The smallest absolute Gasteiger partial charge is 0.328 e. The second-order valence-corrected chi connectivity index (χ2v) is 8.48. The average molecular weight is 463 g/mol. The van der Waals surface area contributed by atoms with Crippen LogP contribution in [0.5, 0.6) is 0 Å². The van der Waals surface area contributed by atoms with Gasteiger partial charge < -0.3 is 20.4 Å². The molecule has 0 unspecified atom stereocenters. The quantitative estimate of drug-likeness (QED) is 0.397. The Hall–Kier alpha value is -3.94. The van der Waals surface area contributed by atoms with E-state index in [1.165, 1.54) is 6.33 Å². The van der Waals surface area contributed by atoms with E-state index in [0.717, 1.165) is 11.1 Å². The maximum Gasteiger partial charge on any atom is 0.328 e. The highest BCUT2D eigenvalue weighted by Gasteiger charge is 2.28. The fourth-order valence-corrected chi connectivity index (χ4v) is 3.47. The van der Waals surface area contributed by atoms with Crippen LogP contribution in [0.4, 0.5) is 0 Å². The second kappa shape index (κ2) is 11.8. The van der Waals surface area contributed by atoms with Crippen LogP contribution < -0.4 is 10.6 Å². The van der Waals surface area contributed by atoms with Gasteiger partial charge in [-0.25, -0.2) is 9.78 Å². The number of hydrogen-bond acceptors (Lipinski definition) is 5. The Balaban J connectivity index is 1.67. The van der Waals surface area contributed by atoms with E-state index >= 15 is 0 Å². The number of ether oxygens (including phenoxy) is 1. The van der Waals surface area contributed by atoms with Gasteiger partial charge in [-0.15, -0.1) is 0 Å². The Bertz CT molecular complexity index is 1100. The van der Waals surface area contributed by atoms with E-state index in [-0.39, 0.29) is 30.0 Å². The molecule has 1 heterocycles. The first-order valence-electron chi connectivity index (χ1n) is 11.3. The van der Waals surface area contributed by atoms with E-state index in [9.17, 15) is 14.4 Å². The number of amides is 2. The Morgan fingerprint density at radius 2 is 1.56 bits per heavy atom. The SMILES string of the molecule is CC(C)C[C@H](NC(=O)c1[nH]cnc1C(=O)N[C@H](C)c1ccccc1)C(=O)OCc1ccccc1. The molecule has 0 aliphatic carbocycles. The first kappa shape index (κ1) is 24.7. The normalized spacial score (nSPS) is 12.6. The lowest BCUT2D eigenvalue weighted by atomic mass is 10.0. The number of imidazole rings is 1. The van der Waals surface area contributed by atoms with E-state index < -0.39 is 23.8 Å². The van der Waals surface area contributed by atoms with Gasteiger partial charge in [-0.3, -0.25) is 9.59 Å². The topological polar surface area (TPSA) is 113 Å². The molecular weight excluding hydrogens is 432 g/mol. The van der Waals surface area contributed by atoms with Gasteiger partial charge in [0.15, 0.2) is 5.69 Å². The first-order chi connectivity index (χ1) is 16.3. The third-order valence-corrected chi connectivity index (χ3v) is 5.25. The summed E-state index contributed by atoms with van der Waals surface area (Å²) in [5.74, 6) is -1.49. The molecule has 0 aliphatic rings. The van der Waals surface area contributed by atoms with Gasteiger partial charge in [0.1, 0.15) is 18.3 Å². The molecule has 3 rings (SSSR count). The van der Waals surface area contributed by atoms with Gasteiger partial charge in [0.25, 0.3) is 11.8 Å². The second-order valence-electron chi connectivity index (χ2n) is 8.48. The number of aromatic nitrogens is 2. The molecule has 0 fully saturated rings. The van der Waals surface area contributed by atoms with Gasteiger partial charge in [-0.2, -0.15) is 0 Å². The largest absolute Gasteiger partial charge is 0.459 e. The van der Waals surface area contributed by atoms with Gasteiger partial charge in [-0.1, -0.05) is 74.5 Å². The van der Waals surface area contributed by atoms with Crippen molar-refractivity contribution in [3.63, 3.8) is 0 Å². The summed E-state index contributed by atoms with van der Waals surface area (Å²) in [4.78, 5) is 45.3. The molecule has 0 bridgehead atoms. The summed E-state index contributed by atoms with van der Waals surface area (Å²) >= 11 is 0. The molecule has 2 amide bonds. The highest BCUT2D eigenvalue weighted by molar-refractivity contribution is 6.05. The molecule has 2 atom stereocenters. The zero-order valence-corrected chi connectivity index (χ0v) is 19.6. The molecule has 2 aromatic carbocycles. The number of hydrogen-bond donors (Lipinski definition) is 3. The Morgan fingerprint density at radius 1 is 0.912 bits per heavy atom. The van der Waals surface area contributed by atoms with Crippen molar-refractivity contribution >= 4 is 17.8 Å². The molecule has 0 radical (unpaired) electrons. The van der Waals surface area contributed by atoms with E-state index in [0.29, 0.717) is 6.42 Å². The van der Waals surface area contributed by atoms with Crippen molar-refractivity contribution in [2.45, 2.75) is 45.9 Å². The minimum Gasteiger partial charge on any atom is -0.459 e. The number of benzene rings is 2. The van der Waals surface area contributed by atoms with Crippen LogP contribution in [0.3, 0.4) is 0 Å². The van der Waals surface area contributed by atoms with E-state index in [4.69, 9.17) is 4.74 Å². The number of carbonyl (C=O) groups excluding carboxylic acids is 3. The van der Waals surface area contributed by atoms with Crippen LogP contribution in [-0.4, -0.2) is 33.8 Å². The van der Waals surface area contributed by atoms with Gasteiger partial charge in [0, 0.05) is 0 Å². The van der Waals surface area contributed by atoms with Crippen LogP contribution in [-0.2, 0) is 16.1 Å². The molecule has 8 nitrogen and oxygen atoms in total. The van der Waals surface area contributed by atoms with Crippen molar-refractivity contribution in [3.8, 4) is 0 Å². The maximum absolute atomic E-state index is 13.0. The van der Waals surface area contributed by atoms with E-state index in [2.05, 4.69) is 20.6 Å². The minimum absolute atomic E-state index is 0.0117. The highest BCUT2D eigenvalue weighted by atomic mass is 16.5. The Morgan fingerprint density at radius 3 is 2.21 bits per heavy atom.